The van der Waals surface area contributed by atoms with Crippen molar-refractivity contribution < 1.29 is 9.53 Å². The lowest BCUT2D eigenvalue weighted by molar-refractivity contribution is 0.0602. The quantitative estimate of drug-likeness (QED) is 0.665. The molecule has 2 heterocycles. The van der Waals surface area contributed by atoms with Gasteiger partial charge in [-0.15, -0.1) is 0 Å². The Morgan fingerprint density at radius 3 is 3.14 bits per heavy atom. The number of methoxy groups -OCH3 is 1. The molecule has 0 radical (unpaired) electrons. The van der Waals surface area contributed by atoms with Gasteiger partial charge in [-0.25, -0.2) is 14.3 Å². The lowest BCUT2D eigenvalue weighted by Crippen LogP contribution is -2.04. The number of carbonyl (C=O) groups is 1. The molecule has 0 saturated carbocycles. The Balaban J connectivity index is 2.72. The summed E-state index contributed by atoms with van der Waals surface area (Å²) in [7, 11) is 1.30. The van der Waals surface area contributed by atoms with Crippen LogP contribution in [0.3, 0.4) is 0 Å². The number of esters is 1. The lowest BCUT2D eigenvalue weighted by atomic mass is 10.3. The van der Waals surface area contributed by atoms with Crippen LogP contribution in [0.5, 0.6) is 0 Å². The second-order valence-electron chi connectivity index (χ2n) is 2.59. The maximum atomic E-state index is 11.3. The minimum Gasteiger partial charge on any atom is -0.465 e. The number of rotatable bonds is 1. The van der Waals surface area contributed by atoms with Crippen LogP contribution in [0.25, 0.3) is 5.65 Å². The molecule has 72 valence electrons. The number of carbonyl (C=O) groups excluding carboxylic acids is 1. The zero-order chi connectivity index (χ0) is 10.1. The fourth-order valence-electron chi connectivity index (χ4n) is 1.15. The number of hydrogen-bond acceptors (Lipinski definition) is 4. The van der Waals surface area contributed by atoms with E-state index in [4.69, 9.17) is 11.6 Å². The van der Waals surface area contributed by atoms with Crippen molar-refractivity contribution in [3.63, 3.8) is 0 Å². The average Bonchev–Trinajstić information content (AvgIpc) is 2.62. The van der Waals surface area contributed by atoms with Crippen molar-refractivity contribution in [1.29, 1.82) is 0 Å². The van der Waals surface area contributed by atoms with E-state index in [-0.39, 0.29) is 0 Å². The summed E-state index contributed by atoms with van der Waals surface area (Å²) in [5, 5.41) is 4.28. The first kappa shape index (κ1) is 8.96. The van der Waals surface area contributed by atoms with Crippen molar-refractivity contribution in [3.8, 4) is 0 Å². The molecule has 0 unspecified atom stereocenters. The van der Waals surface area contributed by atoms with E-state index >= 15 is 0 Å². The van der Waals surface area contributed by atoms with E-state index < -0.39 is 5.97 Å². The van der Waals surface area contributed by atoms with Crippen LogP contribution in [0.1, 0.15) is 10.4 Å². The minimum absolute atomic E-state index is 0.303. The number of hydrogen-bond donors (Lipinski definition) is 0. The largest absolute Gasteiger partial charge is 0.465 e. The van der Waals surface area contributed by atoms with Crippen molar-refractivity contribution in [2.75, 3.05) is 7.11 Å². The number of pyridine rings is 1. The third-order valence-corrected chi connectivity index (χ3v) is 1.95. The predicted octanol–water partition coefficient (Wildman–Crippen LogP) is 1.17. The summed E-state index contributed by atoms with van der Waals surface area (Å²) >= 11 is 5.79. The summed E-state index contributed by atoms with van der Waals surface area (Å²) in [6.07, 6.45) is 2.91. The molecule has 0 aliphatic rings. The van der Waals surface area contributed by atoms with E-state index in [1.807, 2.05) is 0 Å². The first-order valence-electron chi connectivity index (χ1n) is 3.79. The molecule has 6 heteroatoms. The number of nitrogens with zero attached hydrogens (tertiary/aromatic N) is 3. The van der Waals surface area contributed by atoms with Crippen molar-refractivity contribution in [1.82, 2.24) is 14.6 Å². The Morgan fingerprint density at radius 2 is 2.43 bits per heavy atom. The lowest BCUT2D eigenvalue weighted by Gasteiger charge is -2.01. The van der Waals surface area contributed by atoms with Gasteiger partial charge in [0.25, 0.3) is 0 Å². The average molecular weight is 212 g/mol. The molecule has 0 N–H and O–H groups in total. The van der Waals surface area contributed by atoms with Gasteiger partial charge in [0.2, 0.25) is 0 Å². The number of aromatic nitrogens is 3. The molecular weight excluding hydrogens is 206 g/mol. The molecule has 0 saturated heterocycles. The van der Waals surface area contributed by atoms with Crippen LogP contribution in [0.15, 0.2) is 18.6 Å². The van der Waals surface area contributed by atoms with Crippen LogP contribution in [-0.2, 0) is 4.74 Å². The third kappa shape index (κ3) is 1.31. The molecule has 2 aromatic rings. The van der Waals surface area contributed by atoms with Gasteiger partial charge in [0, 0.05) is 6.20 Å². The fraction of sp³-hybridized carbons (Fsp3) is 0.125. The van der Waals surface area contributed by atoms with Gasteiger partial charge < -0.3 is 4.74 Å². The SMILES string of the molecule is COC(=O)c1cc(Cl)cn2ncnc12. The minimum atomic E-state index is -0.481. The monoisotopic (exact) mass is 211 g/mol. The highest BCUT2D eigenvalue weighted by Crippen LogP contribution is 2.15. The second-order valence-corrected chi connectivity index (χ2v) is 3.03. The molecule has 0 aromatic carbocycles. The molecule has 0 aliphatic heterocycles. The molecule has 0 spiro atoms. The van der Waals surface area contributed by atoms with Gasteiger partial charge in [-0.05, 0) is 6.07 Å². The van der Waals surface area contributed by atoms with Crippen molar-refractivity contribution in [3.05, 3.63) is 29.2 Å². The van der Waals surface area contributed by atoms with Gasteiger partial charge in [0.1, 0.15) is 11.9 Å². The van der Waals surface area contributed by atoms with Crippen LogP contribution in [0, 0.1) is 0 Å². The topological polar surface area (TPSA) is 56.5 Å². The summed E-state index contributed by atoms with van der Waals surface area (Å²) in [6, 6.07) is 1.50. The maximum Gasteiger partial charge on any atom is 0.341 e. The fourth-order valence-corrected chi connectivity index (χ4v) is 1.36. The Morgan fingerprint density at radius 1 is 1.64 bits per heavy atom. The van der Waals surface area contributed by atoms with Crippen molar-refractivity contribution in [2.45, 2.75) is 0 Å². The molecule has 5 nitrogen and oxygen atoms in total. The molecule has 0 amide bonds. The molecule has 2 aromatic heterocycles. The molecule has 2 rings (SSSR count). The highest BCUT2D eigenvalue weighted by atomic mass is 35.5. The highest BCUT2D eigenvalue weighted by molar-refractivity contribution is 6.31. The first-order valence-corrected chi connectivity index (χ1v) is 4.17. The second kappa shape index (κ2) is 3.26. The van der Waals surface area contributed by atoms with E-state index in [0.29, 0.717) is 16.2 Å². The Labute approximate surface area is 84.3 Å². The van der Waals surface area contributed by atoms with E-state index in [0.717, 1.165) is 0 Å². The molecule has 14 heavy (non-hydrogen) atoms. The number of fused-ring (bicyclic) bond motifs is 1. The van der Waals surface area contributed by atoms with E-state index in [2.05, 4.69) is 14.8 Å². The van der Waals surface area contributed by atoms with E-state index in [9.17, 15) is 4.79 Å². The Kier molecular flexibility index (Phi) is 2.09. The van der Waals surface area contributed by atoms with E-state index in [1.165, 1.54) is 24.0 Å². The van der Waals surface area contributed by atoms with Crippen LogP contribution < -0.4 is 0 Å². The summed E-state index contributed by atoms with van der Waals surface area (Å²) in [5.74, 6) is -0.481. The summed E-state index contributed by atoms with van der Waals surface area (Å²) in [5.41, 5.74) is 0.735. The number of halogens is 1. The van der Waals surface area contributed by atoms with E-state index in [1.54, 1.807) is 6.20 Å². The summed E-state index contributed by atoms with van der Waals surface area (Å²) in [6.45, 7) is 0. The smallest absolute Gasteiger partial charge is 0.341 e. The van der Waals surface area contributed by atoms with Gasteiger partial charge in [0.15, 0.2) is 5.65 Å². The van der Waals surface area contributed by atoms with Crippen molar-refractivity contribution >= 4 is 23.2 Å². The van der Waals surface area contributed by atoms with Gasteiger partial charge in [-0.2, -0.15) is 5.10 Å². The Hall–Kier alpha value is -1.62. The van der Waals surface area contributed by atoms with Crippen LogP contribution >= 0.6 is 11.6 Å². The van der Waals surface area contributed by atoms with Gasteiger partial charge >= 0.3 is 5.97 Å². The summed E-state index contributed by atoms with van der Waals surface area (Å²) < 4.78 is 6.02. The molecular formula is C8H6ClN3O2. The normalized spacial score (nSPS) is 10.4. The standard InChI is InChI=1S/C8H6ClN3O2/c1-14-8(13)6-2-5(9)3-12-7(6)10-4-11-12/h2-4H,1H3. The van der Waals surface area contributed by atoms with Crippen LogP contribution in [-0.4, -0.2) is 27.7 Å². The Bertz CT molecular complexity index is 494. The first-order chi connectivity index (χ1) is 6.72. The zero-order valence-corrected chi connectivity index (χ0v) is 8.02. The van der Waals surface area contributed by atoms with Gasteiger partial charge in [0.05, 0.1) is 12.1 Å². The number of ether oxygens (including phenoxy) is 1. The summed E-state index contributed by atoms with van der Waals surface area (Å²) in [4.78, 5) is 15.2. The zero-order valence-electron chi connectivity index (χ0n) is 7.27. The van der Waals surface area contributed by atoms with Crippen LogP contribution in [0.2, 0.25) is 5.02 Å². The van der Waals surface area contributed by atoms with Gasteiger partial charge in [-0.3, -0.25) is 0 Å². The maximum absolute atomic E-state index is 11.3. The highest BCUT2D eigenvalue weighted by Gasteiger charge is 2.13. The third-order valence-electron chi connectivity index (χ3n) is 1.75. The predicted molar refractivity (Wildman–Crippen MR) is 49.3 cm³/mol. The van der Waals surface area contributed by atoms with Gasteiger partial charge in [-0.1, -0.05) is 11.6 Å². The van der Waals surface area contributed by atoms with Crippen LogP contribution in [0.4, 0.5) is 0 Å². The molecule has 0 atom stereocenters. The molecule has 0 aliphatic carbocycles. The van der Waals surface area contributed by atoms with Crippen molar-refractivity contribution in [2.24, 2.45) is 0 Å². The molecule has 0 bridgehead atoms. The molecule has 0 fully saturated rings.